The van der Waals surface area contributed by atoms with E-state index in [1.807, 2.05) is 63.3 Å². The number of aromatic hydroxyl groups is 1. The van der Waals surface area contributed by atoms with Crippen molar-refractivity contribution in [1.82, 2.24) is 15.5 Å². The first kappa shape index (κ1) is 29.3. The Bertz CT molecular complexity index is 1170. The van der Waals surface area contributed by atoms with Gasteiger partial charge >= 0.3 is 0 Å². The highest BCUT2D eigenvalue weighted by molar-refractivity contribution is 8.00. The summed E-state index contributed by atoms with van der Waals surface area (Å²) >= 11 is 1.46. The van der Waals surface area contributed by atoms with Crippen molar-refractivity contribution < 1.29 is 24.6 Å². The number of nitrogens with one attached hydrogen (secondary N) is 2. The van der Waals surface area contributed by atoms with E-state index < -0.39 is 34.7 Å². The molecular weight excluding hydrogens is 502 g/mol. The maximum Gasteiger partial charge on any atom is 0.254 e. The van der Waals surface area contributed by atoms with Crippen LogP contribution in [0.3, 0.4) is 0 Å². The number of hydrogen-bond acceptors (Lipinski definition) is 6. The molecule has 38 heavy (non-hydrogen) atoms. The molecule has 1 heterocycles. The molecule has 0 bridgehead atoms. The van der Waals surface area contributed by atoms with Gasteiger partial charge in [-0.15, -0.1) is 11.8 Å². The zero-order valence-electron chi connectivity index (χ0n) is 22.3. The van der Waals surface area contributed by atoms with Crippen molar-refractivity contribution >= 4 is 29.5 Å². The molecule has 2 aromatic rings. The average molecular weight is 540 g/mol. The van der Waals surface area contributed by atoms with Gasteiger partial charge in [-0.1, -0.05) is 55.5 Å². The molecule has 0 spiro atoms. The van der Waals surface area contributed by atoms with Gasteiger partial charge in [0.15, 0.2) is 6.10 Å². The molecule has 0 saturated carbocycles. The van der Waals surface area contributed by atoms with Gasteiger partial charge in [-0.25, -0.2) is 0 Å². The van der Waals surface area contributed by atoms with Gasteiger partial charge in [0.05, 0.1) is 11.9 Å². The number of aliphatic hydroxyl groups is 1. The van der Waals surface area contributed by atoms with E-state index in [0.29, 0.717) is 12.1 Å². The minimum absolute atomic E-state index is 0.0205. The summed E-state index contributed by atoms with van der Waals surface area (Å²) in [6, 6.07) is 12.1. The fourth-order valence-electron chi connectivity index (χ4n) is 4.49. The Morgan fingerprint density at radius 1 is 1.13 bits per heavy atom. The van der Waals surface area contributed by atoms with Crippen molar-refractivity contribution in [3.8, 4) is 5.75 Å². The number of benzene rings is 2. The second kappa shape index (κ2) is 13.0. The molecule has 3 rings (SSSR count). The van der Waals surface area contributed by atoms with E-state index in [4.69, 9.17) is 0 Å². The molecule has 0 aliphatic carbocycles. The van der Waals surface area contributed by atoms with Crippen molar-refractivity contribution in [2.75, 3.05) is 12.4 Å². The normalized spacial score (nSPS) is 18.2. The Labute approximate surface area is 228 Å². The highest BCUT2D eigenvalue weighted by atomic mass is 32.2. The maximum absolute atomic E-state index is 13.7. The predicted molar refractivity (Wildman–Crippen MR) is 150 cm³/mol. The molecule has 0 unspecified atom stereocenters. The van der Waals surface area contributed by atoms with Crippen molar-refractivity contribution in [2.45, 2.75) is 63.5 Å². The lowest BCUT2D eigenvalue weighted by atomic mass is 9.96. The van der Waals surface area contributed by atoms with Crippen molar-refractivity contribution in [3.05, 3.63) is 77.4 Å². The molecular formula is C29H37N3O5S. The summed E-state index contributed by atoms with van der Waals surface area (Å²) in [5, 5.41) is 27.0. The topological polar surface area (TPSA) is 119 Å². The standard InChI is InChI=1S/C29H37N3O5S/c1-5-6-10-16-30-27(36)25-29(3,4)38-18-32(25)28(37)24(34)22(17-20-12-8-7-9-13-20)31-26(35)21-14-11-15-23(33)19(21)2/h6-15,22,24-25,33-34H,5,16-18H2,1-4H3,(H,30,36)(H,31,35)/b10-6-/t22-,24-,25+/m0/s1. The molecule has 2 aromatic carbocycles. The van der Waals surface area contributed by atoms with Crippen molar-refractivity contribution in [3.63, 3.8) is 0 Å². The fourth-order valence-corrected chi connectivity index (χ4v) is 5.63. The molecule has 4 N–H and O–H groups in total. The van der Waals surface area contributed by atoms with Gasteiger partial charge in [-0.05, 0) is 51.3 Å². The first-order valence-electron chi connectivity index (χ1n) is 12.8. The summed E-state index contributed by atoms with van der Waals surface area (Å²) in [5.74, 6) is -1.21. The van der Waals surface area contributed by atoms with Crippen LogP contribution < -0.4 is 10.6 Å². The lowest BCUT2D eigenvalue weighted by Gasteiger charge is -2.33. The summed E-state index contributed by atoms with van der Waals surface area (Å²) in [6.45, 7) is 7.78. The number of aliphatic hydroxyl groups excluding tert-OH is 1. The van der Waals surface area contributed by atoms with Crippen LogP contribution in [-0.4, -0.2) is 68.2 Å². The van der Waals surface area contributed by atoms with E-state index in [0.717, 1.165) is 12.0 Å². The summed E-state index contributed by atoms with van der Waals surface area (Å²) in [4.78, 5) is 41.4. The second-order valence-electron chi connectivity index (χ2n) is 9.88. The largest absolute Gasteiger partial charge is 0.508 e. The van der Waals surface area contributed by atoms with E-state index in [1.54, 1.807) is 19.1 Å². The number of phenolic OH excluding ortho intramolecular Hbond substituents is 1. The van der Waals surface area contributed by atoms with Crippen LogP contribution in [0.15, 0.2) is 60.7 Å². The van der Waals surface area contributed by atoms with Gasteiger partial charge in [-0.3, -0.25) is 14.4 Å². The smallest absolute Gasteiger partial charge is 0.254 e. The van der Waals surface area contributed by atoms with E-state index in [9.17, 15) is 24.6 Å². The number of hydrogen-bond donors (Lipinski definition) is 4. The Morgan fingerprint density at radius 2 is 1.84 bits per heavy atom. The molecule has 1 aliphatic heterocycles. The van der Waals surface area contributed by atoms with E-state index >= 15 is 0 Å². The zero-order valence-corrected chi connectivity index (χ0v) is 23.1. The van der Waals surface area contributed by atoms with Crippen molar-refractivity contribution in [2.24, 2.45) is 0 Å². The molecule has 0 aromatic heterocycles. The second-order valence-corrected chi connectivity index (χ2v) is 11.5. The molecule has 1 fully saturated rings. The van der Waals surface area contributed by atoms with Gasteiger partial charge in [0.25, 0.3) is 11.8 Å². The number of rotatable bonds is 10. The summed E-state index contributed by atoms with van der Waals surface area (Å²) in [6.07, 6.45) is 3.27. The minimum atomic E-state index is -1.60. The van der Waals surface area contributed by atoms with E-state index in [-0.39, 0.29) is 29.5 Å². The fraction of sp³-hybridized carbons (Fsp3) is 0.414. The lowest BCUT2D eigenvalue weighted by molar-refractivity contribution is -0.147. The van der Waals surface area contributed by atoms with Gasteiger partial charge in [0.2, 0.25) is 5.91 Å². The average Bonchev–Trinajstić information content (AvgIpc) is 3.22. The molecule has 3 amide bonds. The number of nitrogens with zero attached hydrogens (tertiary/aromatic N) is 1. The summed E-state index contributed by atoms with van der Waals surface area (Å²) in [7, 11) is 0. The summed E-state index contributed by atoms with van der Waals surface area (Å²) in [5.41, 5.74) is 1.47. The Hall–Kier alpha value is -3.30. The number of phenols is 1. The Morgan fingerprint density at radius 3 is 2.53 bits per heavy atom. The molecule has 1 aliphatic rings. The van der Waals surface area contributed by atoms with E-state index in [2.05, 4.69) is 10.6 Å². The Balaban J connectivity index is 1.85. The van der Waals surface area contributed by atoms with Gasteiger partial charge in [0, 0.05) is 22.4 Å². The number of allylic oxidation sites excluding steroid dienone is 1. The van der Waals surface area contributed by atoms with Crippen LogP contribution in [-0.2, 0) is 16.0 Å². The quantitative estimate of drug-likeness (QED) is 0.345. The minimum Gasteiger partial charge on any atom is -0.508 e. The molecule has 0 radical (unpaired) electrons. The SMILES string of the molecule is CC/C=C\CNC(=O)[C@H]1N(C(=O)[C@@H](O)[C@H](Cc2ccccc2)NC(=O)c2cccc(O)c2C)CSC1(C)C. The van der Waals surface area contributed by atoms with Crippen LogP contribution in [0.5, 0.6) is 5.75 Å². The highest BCUT2D eigenvalue weighted by Crippen LogP contribution is 2.39. The summed E-state index contributed by atoms with van der Waals surface area (Å²) < 4.78 is -0.565. The van der Waals surface area contributed by atoms with Gasteiger partial charge in [-0.2, -0.15) is 0 Å². The number of amides is 3. The van der Waals surface area contributed by atoms with Gasteiger partial charge < -0.3 is 25.7 Å². The van der Waals surface area contributed by atoms with Crippen LogP contribution in [0.4, 0.5) is 0 Å². The van der Waals surface area contributed by atoms with Crippen LogP contribution in [0.25, 0.3) is 0 Å². The predicted octanol–water partition coefficient (Wildman–Crippen LogP) is 3.17. The third-order valence-electron chi connectivity index (χ3n) is 6.67. The van der Waals surface area contributed by atoms with E-state index in [1.165, 1.54) is 22.7 Å². The molecule has 8 nitrogen and oxygen atoms in total. The van der Waals surface area contributed by atoms with Crippen LogP contribution in [0.2, 0.25) is 0 Å². The van der Waals surface area contributed by atoms with Crippen molar-refractivity contribution in [1.29, 1.82) is 0 Å². The number of thioether (sulfide) groups is 1. The number of carbonyl (C=O) groups excluding carboxylic acids is 3. The molecule has 1 saturated heterocycles. The third-order valence-corrected chi connectivity index (χ3v) is 8.05. The lowest BCUT2D eigenvalue weighted by Crippen LogP contribution is -2.58. The Kier molecular flexibility index (Phi) is 9.99. The molecule has 204 valence electrons. The van der Waals surface area contributed by atoms with Crippen LogP contribution >= 0.6 is 11.8 Å². The van der Waals surface area contributed by atoms with Crippen LogP contribution in [0, 0.1) is 6.92 Å². The molecule has 9 heteroatoms. The maximum atomic E-state index is 13.7. The monoisotopic (exact) mass is 539 g/mol. The van der Waals surface area contributed by atoms with Crippen LogP contribution in [0.1, 0.15) is 48.7 Å². The van der Waals surface area contributed by atoms with Gasteiger partial charge in [0.1, 0.15) is 11.8 Å². The first-order chi connectivity index (χ1) is 18.1. The number of carbonyl (C=O) groups is 3. The third kappa shape index (κ3) is 6.96. The zero-order chi connectivity index (χ0) is 27.9. The highest BCUT2D eigenvalue weighted by Gasteiger charge is 2.49. The molecule has 3 atom stereocenters. The first-order valence-corrected chi connectivity index (χ1v) is 13.7.